The van der Waals surface area contributed by atoms with Gasteiger partial charge in [-0.15, -0.1) is 0 Å². The molecule has 0 atom stereocenters. The van der Waals surface area contributed by atoms with Crippen molar-refractivity contribution in [2.24, 2.45) is 0 Å². The van der Waals surface area contributed by atoms with Crippen LogP contribution in [0.15, 0.2) is 28.7 Å². The van der Waals surface area contributed by atoms with E-state index < -0.39 is 0 Å². The van der Waals surface area contributed by atoms with Gasteiger partial charge in [0.2, 0.25) is 0 Å². The van der Waals surface area contributed by atoms with E-state index >= 15 is 0 Å². The summed E-state index contributed by atoms with van der Waals surface area (Å²) in [6, 6.07) is 5.25. The summed E-state index contributed by atoms with van der Waals surface area (Å²) in [6.45, 7) is 0. The number of aldehydes is 2. The average molecular weight is 239 g/mol. The number of halogens is 1. The Kier molecular flexibility index (Phi) is 3.58. The Morgan fingerprint density at radius 1 is 1.08 bits per heavy atom. The number of carbonyl (C=O) groups excluding carboxylic acids is 2. The van der Waals surface area contributed by atoms with Crippen molar-refractivity contribution < 1.29 is 9.59 Å². The zero-order chi connectivity index (χ0) is 9.68. The quantitative estimate of drug-likeness (QED) is 0.599. The molecular formula is C10H7BrO2. The van der Waals surface area contributed by atoms with Crippen LogP contribution in [0.5, 0.6) is 0 Å². The zero-order valence-corrected chi connectivity index (χ0v) is 8.32. The lowest BCUT2D eigenvalue weighted by atomic mass is 10.1. The Morgan fingerprint density at radius 3 is 2.38 bits per heavy atom. The minimum absolute atomic E-state index is 0.583. The van der Waals surface area contributed by atoms with Gasteiger partial charge < -0.3 is 0 Å². The summed E-state index contributed by atoms with van der Waals surface area (Å²) < 4.78 is 0.822. The molecule has 0 aliphatic carbocycles. The lowest BCUT2D eigenvalue weighted by Crippen LogP contribution is -1.81. The van der Waals surface area contributed by atoms with Crippen LogP contribution in [0.2, 0.25) is 0 Å². The molecule has 0 saturated heterocycles. The van der Waals surface area contributed by atoms with E-state index in [4.69, 9.17) is 0 Å². The molecule has 3 heteroatoms. The predicted octanol–water partition coefficient (Wildman–Crippen LogP) is 2.47. The molecule has 1 aromatic rings. The second-order valence-electron chi connectivity index (χ2n) is 2.43. The number of allylic oxidation sites excluding steroid dienone is 1. The van der Waals surface area contributed by atoms with Crippen LogP contribution in [0, 0.1) is 0 Å². The summed E-state index contributed by atoms with van der Waals surface area (Å²) in [5.41, 5.74) is 1.41. The summed E-state index contributed by atoms with van der Waals surface area (Å²) in [5, 5.41) is 0. The molecule has 0 fully saturated rings. The molecule has 0 heterocycles. The van der Waals surface area contributed by atoms with Crippen molar-refractivity contribution in [1.29, 1.82) is 0 Å². The van der Waals surface area contributed by atoms with Gasteiger partial charge in [-0.3, -0.25) is 9.59 Å². The van der Waals surface area contributed by atoms with Gasteiger partial charge in [0.25, 0.3) is 0 Å². The van der Waals surface area contributed by atoms with Gasteiger partial charge in [0.15, 0.2) is 0 Å². The molecule has 2 nitrogen and oxygen atoms in total. The van der Waals surface area contributed by atoms with Crippen LogP contribution in [-0.4, -0.2) is 12.6 Å². The Morgan fingerprint density at radius 2 is 1.77 bits per heavy atom. The second kappa shape index (κ2) is 4.72. The fourth-order valence-corrected chi connectivity index (χ4v) is 1.48. The van der Waals surface area contributed by atoms with E-state index in [9.17, 15) is 9.59 Å². The van der Waals surface area contributed by atoms with Crippen LogP contribution in [0.4, 0.5) is 0 Å². The van der Waals surface area contributed by atoms with Crippen LogP contribution in [0.25, 0.3) is 6.08 Å². The third kappa shape index (κ3) is 2.95. The molecule has 0 radical (unpaired) electrons. The van der Waals surface area contributed by atoms with Gasteiger partial charge in [0.1, 0.15) is 12.6 Å². The van der Waals surface area contributed by atoms with E-state index in [2.05, 4.69) is 15.9 Å². The highest BCUT2D eigenvalue weighted by atomic mass is 79.9. The summed E-state index contributed by atoms with van der Waals surface area (Å²) in [6.07, 6.45) is 4.49. The van der Waals surface area contributed by atoms with Crippen LogP contribution in [-0.2, 0) is 4.79 Å². The Bertz CT molecular complexity index is 356. The van der Waals surface area contributed by atoms with E-state index in [1.807, 2.05) is 6.07 Å². The summed E-state index contributed by atoms with van der Waals surface area (Å²) in [4.78, 5) is 20.5. The van der Waals surface area contributed by atoms with E-state index in [-0.39, 0.29) is 0 Å². The second-order valence-corrected chi connectivity index (χ2v) is 3.35. The average Bonchev–Trinajstić information content (AvgIpc) is 2.14. The van der Waals surface area contributed by atoms with Gasteiger partial charge in [0, 0.05) is 10.0 Å². The van der Waals surface area contributed by atoms with Crippen molar-refractivity contribution in [3.05, 3.63) is 39.9 Å². The normalized spacial score (nSPS) is 10.2. The molecule has 66 valence electrons. The fraction of sp³-hybridized carbons (Fsp3) is 0. The minimum Gasteiger partial charge on any atom is -0.299 e. The molecule has 0 N–H and O–H groups in total. The molecule has 0 bridgehead atoms. The third-order valence-electron chi connectivity index (χ3n) is 1.45. The molecule has 1 rings (SSSR count). The summed E-state index contributed by atoms with van der Waals surface area (Å²) in [7, 11) is 0. The van der Waals surface area contributed by atoms with Crippen molar-refractivity contribution in [3.63, 3.8) is 0 Å². The molecule has 0 unspecified atom stereocenters. The number of rotatable bonds is 3. The van der Waals surface area contributed by atoms with E-state index in [0.717, 1.165) is 16.3 Å². The predicted molar refractivity (Wildman–Crippen MR) is 54.6 cm³/mol. The molecule has 0 spiro atoms. The highest BCUT2D eigenvalue weighted by Crippen LogP contribution is 2.15. The number of carbonyl (C=O) groups is 2. The maximum Gasteiger partial charge on any atom is 0.150 e. The monoisotopic (exact) mass is 238 g/mol. The Hall–Kier alpha value is -1.22. The van der Waals surface area contributed by atoms with Crippen LogP contribution < -0.4 is 0 Å². The molecule has 0 saturated carbocycles. The van der Waals surface area contributed by atoms with Crippen molar-refractivity contribution in [2.75, 3.05) is 0 Å². The van der Waals surface area contributed by atoms with Gasteiger partial charge in [-0.25, -0.2) is 0 Å². The molecule has 0 aromatic heterocycles. The summed E-state index contributed by atoms with van der Waals surface area (Å²) in [5.74, 6) is 0. The van der Waals surface area contributed by atoms with Crippen molar-refractivity contribution in [3.8, 4) is 0 Å². The topological polar surface area (TPSA) is 34.1 Å². The molecule has 1 aromatic carbocycles. The first-order valence-electron chi connectivity index (χ1n) is 3.64. The fourth-order valence-electron chi connectivity index (χ4n) is 0.951. The molecule has 13 heavy (non-hydrogen) atoms. The van der Waals surface area contributed by atoms with E-state index in [1.54, 1.807) is 18.2 Å². The third-order valence-corrected chi connectivity index (χ3v) is 1.90. The molecule has 0 amide bonds. The smallest absolute Gasteiger partial charge is 0.150 e. The highest BCUT2D eigenvalue weighted by molar-refractivity contribution is 9.10. The minimum atomic E-state index is 0.583. The zero-order valence-electron chi connectivity index (χ0n) is 6.74. The molecular weight excluding hydrogens is 232 g/mol. The van der Waals surface area contributed by atoms with Crippen LogP contribution >= 0.6 is 15.9 Å². The van der Waals surface area contributed by atoms with Crippen LogP contribution in [0.1, 0.15) is 15.9 Å². The van der Waals surface area contributed by atoms with Gasteiger partial charge in [-0.1, -0.05) is 22.0 Å². The van der Waals surface area contributed by atoms with E-state index in [0.29, 0.717) is 11.8 Å². The molecule has 0 aliphatic heterocycles. The van der Waals surface area contributed by atoms with Gasteiger partial charge in [0.05, 0.1) is 0 Å². The first kappa shape index (κ1) is 9.86. The number of benzene rings is 1. The van der Waals surface area contributed by atoms with Gasteiger partial charge in [-0.2, -0.15) is 0 Å². The number of hydrogen-bond acceptors (Lipinski definition) is 2. The van der Waals surface area contributed by atoms with Gasteiger partial charge >= 0.3 is 0 Å². The van der Waals surface area contributed by atoms with Crippen LogP contribution in [0.3, 0.4) is 0 Å². The van der Waals surface area contributed by atoms with Crippen molar-refractivity contribution in [1.82, 2.24) is 0 Å². The van der Waals surface area contributed by atoms with Gasteiger partial charge in [-0.05, 0) is 29.8 Å². The first-order chi connectivity index (χ1) is 6.26. The Balaban J connectivity index is 3.07. The lowest BCUT2D eigenvalue weighted by molar-refractivity contribution is -0.104. The highest BCUT2D eigenvalue weighted by Gasteiger charge is 1.95. The maximum absolute atomic E-state index is 10.5. The standard InChI is InChI=1S/C10H7BrO2/c11-10-5-8(2-1-3-12)4-9(6-10)7-13/h1-7H. The van der Waals surface area contributed by atoms with Crippen molar-refractivity contribution in [2.45, 2.75) is 0 Å². The summed E-state index contributed by atoms with van der Waals surface area (Å²) >= 11 is 3.26. The first-order valence-corrected chi connectivity index (χ1v) is 4.43. The molecule has 0 aliphatic rings. The largest absolute Gasteiger partial charge is 0.299 e. The van der Waals surface area contributed by atoms with E-state index in [1.165, 1.54) is 6.08 Å². The Labute approximate surface area is 84.4 Å². The number of hydrogen-bond donors (Lipinski definition) is 0. The van der Waals surface area contributed by atoms with Crippen molar-refractivity contribution >= 4 is 34.6 Å². The SMILES string of the molecule is O=CC=Cc1cc(Br)cc(C=O)c1. The lowest BCUT2D eigenvalue weighted by Gasteiger charge is -1.96. The maximum atomic E-state index is 10.5.